The van der Waals surface area contributed by atoms with Crippen molar-refractivity contribution in [2.75, 3.05) is 20.8 Å². The van der Waals surface area contributed by atoms with Crippen LogP contribution >= 0.6 is 0 Å². The first-order valence-electron chi connectivity index (χ1n) is 8.94. The van der Waals surface area contributed by atoms with Gasteiger partial charge in [0.25, 0.3) is 0 Å². The zero-order valence-electron chi connectivity index (χ0n) is 15.3. The third-order valence-corrected chi connectivity index (χ3v) is 4.97. The smallest absolute Gasteiger partial charge is 0.123 e. The summed E-state index contributed by atoms with van der Waals surface area (Å²) in [5.74, 6) is 2.49. The van der Waals surface area contributed by atoms with Crippen molar-refractivity contribution in [1.29, 1.82) is 0 Å². The highest BCUT2D eigenvalue weighted by Crippen LogP contribution is 2.28. The molecule has 0 aromatic heterocycles. The van der Waals surface area contributed by atoms with Crippen molar-refractivity contribution in [1.82, 2.24) is 10.6 Å². The molecule has 25 heavy (non-hydrogen) atoms. The second kappa shape index (κ2) is 8.37. The van der Waals surface area contributed by atoms with E-state index in [4.69, 9.17) is 9.47 Å². The number of hydrogen-bond acceptors (Lipinski definition) is 4. The first-order valence-corrected chi connectivity index (χ1v) is 8.94. The van der Waals surface area contributed by atoms with Crippen LogP contribution in [0.3, 0.4) is 0 Å². The quantitative estimate of drug-likeness (QED) is 0.844. The van der Waals surface area contributed by atoms with Crippen LogP contribution in [0.2, 0.25) is 0 Å². The molecule has 0 radical (unpaired) electrons. The van der Waals surface area contributed by atoms with E-state index < -0.39 is 0 Å². The van der Waals surface area contributed by atoms with E-state index in [0.717, 1.165) is 31.0 Å². The molecule has 1 saturated heterocycles. The highest BCUT2D eigenvalue weighted by Gasteiger charge is 2.29. The Bertz CT molecular complexity index is 672. The van der Waals surface area contributed by atoms with E-state index in [1.165, 1.54) is 11.1 Å². The van der Waals surface area contributed by atoms with Gasteiger partial charge < -0.3 is 20.1 Å². The van der Waals surface area contributed by atoms with Crippen molar-refractivity contribution in [3.63, 3.8) is 0 Å². The van der Waals surface area contributed by atoms with Crippen molar-refractivity contribution in [2.45, 2.75) is 32.0 Å². The summed E-state index contributed by atoms with van der Waals surface area (Å²) in [6.07, 6.45) is 1.15. The zero-order valence-corrected chi connectivity index (χ0v) is 15.3. The SMILES string of the molecule is COc1ccc([C@H]2NC[C@@H](C)C[C@H]2NCc2ccccc2OC)cc1. The van der Waals surface area contributed by atoms with Crippen LogP contribution in [0.15, 0.2) is 48.5 Å². The highest BCUT2D eigenvalue weighted by atomic mass is 16.5. The monoisotopic (exact) mass is 340 g/mol. The van der Waals surface area contributed by atoms with Crippen LogP contribution in [0, 0.1) is 5.92 Å². The molecule has 0 spiro atoms. The largest absolute Gasteiger partial charge is 0.497 e. The van der Waals surface area contributed by atoms with Gasteiger partial charge in [-0.2, -0.15) is 0 Å². The minimum Gasteiger partial charge on any atom is -0.497 e. The van der Waals surface area contributed by atoms with Gasteiger partial charge in [0.1, 0.15) is 11.5 Å². The minimum absolute atomic E-state index is 0.303. The van der Waals surface area contributed by atoms with E-state index in [1.807, 2.05) is 24.3 Å². The lowest BCUT2D eigenvalue weighted by Gasteiger charge is -2.37. The average molecular weight is 340 g/mol. The van der Waals surface area contributed by atoms with Crippen LogP contribution in [-0.4, -0.2) is 26.8 Å². The van der Waals surface area contributed by atoms with Crippen LogP contribution in [-0.2, 0) is 6.54 Å². The Morgan fingerprint density at radius 3 is 2.52 bits per heavy atom. The maximum Gasteiger partial charge on any atom is 0.123 e. The molecule has 2 N–H and O–H groups in total. The topological polar surface area (TPSA) is 42.5 Å². The molecule has 0 amide bonds. The molecule has 2 aromatic carbocycles. The Hall–Kier alpha value is -2.04. The number of piperidine rings is 1. The first kappa shape index (κ1) is 17.8. The fourth-order valence-electron chi connectivity index (χ4n) is 3.58. The summed E-state index contributed by atoms with van der Waals surface area (Å²) in [6, 6.07) is 17.3. The average Bonchev–Trinajstić information content (AvgIpc) is 2.67. The minimum atomic E-state index is 0.303. The predicted octanol–water partition coefficient (Wildman–Crippen LogP) is 3.53. The van der Waals surface area contributed by atoms with Crippen LogP contribution < -0.4 is 20.1 Å². The Morgan fingerprint density at radius 2 is 1.80 bits per heavy atom. The van der Waals surface area contributed by atoms with Gasteiger partial charge in [-0.1, -0.05) is 37.3 Å². The van der Waals surface area contributed by atoms with Crippen molar-refractivity contribution in [3.8, 4) is 11.5 Å². The number of methoxy groups -OCH3 is 2. The Balaban J connectivity index is 1.73. The van der Waals surface area contributed by atoms with E-state index in [1.54, 1.807) is 14.2 Å². The number of para-hydroxylation sites is 1. The molecule has 3 rings (SSSR count). The normalized spacial score (nSPS) is 23.2. The summed E-state index contributed by atoms with van der Waals surface area (Å²) in [5.41, 5.74) is 2.49. The first-order chi connectivity index (χ1) is 12.2. The van der Waals surface area contributed by atoms with Gasteiger partial charge in [0.05, 0.1) is 14.2 Å². The summed E-state index contributed by atoms with van der Waals surface area (Å²) in [5, 5.41) is 7.45. The summed E-state index contributed by atoms with van der Waals surface area (Å²) in [7, 11) is 3.43. The second-order valence-electron chi connectivity index (χ2n) is 6.80. The van der Waals surface area contributed by atoms with Crippen LogP contribution in [0.4, 0.5) is 0 Å². The van der Waals surface area contributed by atoms with Crippen molar-refractivity contribution < 1.29 is 9.47 Å². The lowest BCUT2D eigenvalue weighted by atomic mass is 9.87. The van der Waals surface area contributed by atoms with Crippen molar-refractivity contribution >= 4 is 0 Å². The van der Waals surface area contributed by atoms with Gasteiger partial charge in [-0.3, -0.25) is 0 Å². The molecule has 0 aliphatic carbocycles. The number of ether oxygens (including phenoxy) is 2. The molecule has 1 heterocycles. The fourth-order valence-corrected chi connectivity index (χ4v) is 3.58. The second-order valence-corrected chi connectivity index (χ2v) is 6.80. The highest BCUT2D eigenvalue weighted by molar-refractivity contribution is 5.33. The van der Waals surface area contributed by atoms with Crippen LogP contribution in [0.25, 0.3) is 0 Å². The Kier molecular flexibility index (Phi) is 5.95. The van der Waals surface area contributed by atoms with Crippen molar-refractivity contribution in [3.05, 3.63) is 59.7 Å². The van der Waals surface area contributed by atoms with E-state index in [-0.39, 0.29) is 0 Å². The van der Waals surface area contributed by atoms with Crippen LogP contribution in [0.5, 0.6) is 11.5 Å². The van der Waals surface area contributed by atoms with Crippen LogP contribution in [0.1, 0.15) is 30.5 Å². The lowest BCUT2D eigenvalue weighted by Crippen LogP contribution is -2.48. The zero-order chi connectivity index (χ0) is 17.6. The van der Waals surface area contributed by atoms with E-state index in [9.17, 15) is 0 Å². The molecule has 2 aromatic rings. The van der Waals surface area contributed by atoms with Gasteiger partial charge in [0.15, 0.2) is 0 Å². The Labute approximate surface area is 150 Å². The van der Waals surface area contributed by atoms with E-state index in [2.05, 4.69) is 41.8 Å². The molecule has 1 fully saturated rings. The molecule has 4 nitrogen and oxygen atoms in total. The molecule has 4 heteroatoms. The molecular formula is C21H28N2O2. The number of rotatable bonds is 6. The third kappa shape index (κ3) is 4.33. The van der Waals surface area contributed by atoms with E-state index >= 15 is 0 Å². The van der Waals surface area contributed by atoms with Gasteiger partial charge in [-0.15, -0.1) is 0 Å². The number of nitrogens with one attached hydrogen (secondary N) is 2. The predicted molar refractivity (Wildman–Crippen MR) is 101 cm³/mol. The lowest BCUT2D eigenvalue weighted by molar-refractivity contribution is 0.250. The van der Waals surface area contributed by atoms with Gasteiger partial charge >= 0.3 is 0 Å². The molecule has 0 saturated carbocycles. The van der Waals surface area contributed by atoms with Gasteiger partial charge in [0.2, 0.25) is 0 Å². The summed E-state index contributed by atoms with van der Waals surface area (Å²) >= 11 is 0. The molecule has 134 valence electrons. The van der Waals surface area contributed by atoms with Crippen molar-refractivity contribution in [2.24, 2.45) is 5.92 Å². The number of hydrogen-bond donors (Lipinski definition) is 2. The van der Waals surface area contributed by atoms with Gasteiger partial charge in [0, 0.05) is 24.2 Å². The Morgan fingerprint density at radius 1 is 1.04 bits per heavy atom. The molecule has 0 unspecified atom stereocenters. The maximum atomic E-state index is 5.47. The molecular weight excluding hydrogens is 312 g/mol. The fraction of sp³-hybridized carbons (Fsp3) is 0.429. The third-order valence-electron chi connectivity index (χ3n) is 4.97. The van der Waals surface area contributed by atoms with Gasteiger partial charge in [-0.25, -0.2) is 0 Å². The standard InChI is InChI=1S/C21H28N2O2/c1-15-12-19(22-14-17-6-4-5-7-20(17)25-3)21(23-13-15)16-8-10-18(24-2)11-9-16/h4-11,15,19,21-23H,12-14H2,1-3H3/t15-,19+,21+/m0/s1. The van der Waals surface area contributed by atoms with E-state index in [0.29, 0.717) is 18.0 Å². The number of benzene rings is 2. The summed E-state index contributed by atoms with van der Waals surface area (Å²) in [6.45, 7) is 4.15. The van der Waals surface area contributed by atoms with Gasteiger partial charge in [-0.05, 0) is 42.6 Å². The molecule has 1 aliphatic heterocycles. The molecule has 1 aliphatic rings. The maximum absolute atomic E-state index is 5.47. The molecule has 0 bridgehead atoms. The molecule has 3 atom stereocenters. The summed E-state index contributed by atoms with van der Waals surface area (Å²) < 4.78 is 10.8. The summed E-state index contributed by atoms with van der Waals surface area (Å²) in [4.78, 5) is 0.